The van der Waals surface area contributed by atoms with Gasteiger partial charge in [-0.05, 0) is 59.4 Å². The van der Waals surface area contributed by atoms with Gasteiger partial charge in [-0.1, -0.05) is 95.6 Å². The van der Waals surface area contributed by atoms with Gasteiger partial charge in [-0.15, -0.1) is 0 Å². The van der Waals surface area contributed by atoms with Crippen molar-refractivity contribution >= 4 is 35.0 Å². The highest BCUT2D eigenvalue weighted by Gasteiger charge is 2.32. The highest BCUT2D eigenvalue weighted by atomic mass is 35.5. The Morgan fingerprint density at radius 2 is 1.06 bits per heavy atom. The lowest BCUT2D eigenvalue weighted by Gasteiger charge is -2.27. The molecule has 0 nitrogen and oxygen atoms in total. The second-order valence-corrected chi connectivity index (χ2v) is 10.2. The van der Waals surface area contributed by atoms with Gasteiger partial charge in [-0.3, -0.25) is 0 Å². The fourth-order valence-electron chi connectivity index (χ4n) is 3.81. The first-order valence-electron chi connectivity index (χ1n) is 10.1. The van der Waals surface area contributed by atoms with E-state index in [0.717, 1.165) is 32.1 Å². The zero-order valence-corrected chi connectivity index (χ0v) is 19.2. The van der Waals surface area contributed by atoms with Gasteiger partial charge < -0.3 is 0 Å². The highest BCUT2D eigenvalue weighted by Crippen LogP contribution is 2.45. The van der Waals surface area contributed by atoms with Crippen LogP contribution in [0.15, 0.2) is 106 Å². The minimum Gasteiger partial charge on any atom is -0.221 e. The molecule has 0 spiro atoms. The van der Waals surface area contributed by atoms with E-state index in [1.807, 2.05) is 60.7 Å². The van der Waals surface area contributed by atoms with Gasteiger partial charge in [0.05, 0.1) is 0 Å². The van der Waals surface area contributed by atoms with Gasteiger partial charge in [-0.2, -0.15) is 0 Å². The summed E-state index contributed by atoms with van der Waals surface area (Å²) in [4.78, 5) is 1.90. The molecule has 2 atom stereocenters. The molecule has 0 amide bonds. The van der Waals surface area contributed by atoms with Crippen molar-refractivity contribution in [2.45, 2.75) is 35.9 Å². The van der Waals surface area contributed by atoms with Crippen LogP contribution in [0.2, 0.25) is 0 Å². The molecule has 0 aliphatic heterocycles. The summed E-state index contributed by atoms with van der Waals surface area (Å²) in [5, 5.41) is -3.77. The average molecular weight is 475 g/mol. The highest BCUT2D eigenvalue weighted by molar-refractivity contribution is 8.07. The molecule has 0 N–H and O–H groups in total. The number of benzene rings is 2. The molecule has 2 unspecified atom stereocenters. The van der Waals surface area contributed by atoms with Crippen LogP contribution in [0.3, 0.4) is 0 Å². The van der Waals surface area contributed by atoms with E-state index < -0.39 is 10.3 Å². The molecular formula is C26H22Cl2F2S. The Bertz CT molecular complexity index is 966. The Balaban J connectivity index is 1.66. The lowest BCUT2D eigenvalue weighted by Crippen LogP contribution is -2.18. The van der Waals surface area contributed by atoms with Crippen LogP contribution in [0.25, 0.3) is 0 Å². The van der Waals surface area contributed by atoms with Crippen LogP contribution in [0.1, 0.15) is 24.0 Å². The molecule has 2 aromatic carbocycles. The van der Waals surface area contributed by atoms with Crippen molar-refractivity contribution < 1.29 is 8.78 Å². The average Bonchev–Trinajstić information content (AvgIpc) is 2.72. The van der Waals surface area contributed by atoms with Crippen LogP contribution < -0.4 is 0 Å². The van der Waals surface area contributed by atoms with Crippen molar-refractivity contribution in [3.8, 4) is 0 Å². The fourth-order valence-corrected chi connectivity index (χ4v) is 5.34. The van der Waals surface area contributed by atoms with Gasteiger partial charge in [0.2, 0.25) is 10.3 Å². The fraction of sp³-hybridized carbons (Fsp3) is 0.231. The summed E-state index contributed by atoms with van der Waals surface area (Å²) in [5.74, 6) is 0. The van der Waals surface area contributed by atoms with E-state index in [1.165, 1.54) is 23.9 Å². The molecule has 2 aliphatic rings. The van der Waals surface area contributed by atoms with E-state index in [9.17, 15) is 8.78 Å². The maximum Gasteiger partial charge on any atom is 0.206 e. The van der Waals surface area contributed by atoms with Crippen molar-refractivity contribution in [1.82, 2.24) is 0 Å². The molecule has 0 heterocycles. The topological polar surface area (TPSA) is 0 Å². The molecule has 0 saturated carbocycles. The smallest absolute Gasteiger partial charge is 0.206 e. The summed E-state index contributed by atoms with van der Waals surface area (Å²) in [6.07, 6.45) is 7.76. The number of rotatable bonds is 6. The van der Waals surface area contributed by atoms with Gasteiger partial charge in [0.15, 0.2) is 0 Å². The summed E-state index contributed by atoms with van der Waals surface area (Å²) in [6.45, 7) is 0. The molecule has 0 bridgehead atoms. The van der Waals surface area contributed by atoms with Crippen LogP contribution in [0.4, 0.5) is 8.78 Å². The third kappa shape index (κ3) is 6.12. The minimum absolute atomic E-state index is 0.121. The zero-order chi connectivity index (χ0) is 21.9. The van der Waals surface area contributed by atoms with E-state index in [-0.39, 0.29) is 12.8 Å². The largest absolute Gasteiger partial charge is 0.221 e. The maximum absolute atomic E-state index is 14.6. The molecule has 0 saturated heterocycles. The third-order valence-corrected chi connectivity index (χ3v) is 7.10. The Morgan fingerprint density at radius 1 is 0.677 bits per heavy atom. The summed E-state index contributed by atoms with van der Waals surface area (Å²) in [7, 11) is 0. The summed E-state index contributed by atoms with van der Waals surface area (Å²) in [5.41, 5.74) is 4.05. The van der Waals surface area contributed by atoms with E-state index in [0.29, 0.717) is 12.8 Å². The lowest BCUT2D eigenvalue weighted by molar-refractivity contribution is 0.339. The third-order valence-electron chi connectivity index (χ3n) is 5.29. The van der Waals surface area contributed by atoms with Crippen LogP contribution in [-0.4, -0.2) is 10.3 Å². The van der Waals surface area contributed by atoms with Crippen LogP contribution in [-0.2, 0) is 12.8 Å². The molecule has 5 heteroatoms. The first-order chi connectivity index (χ1) is 14.8. The number of alkyl halides is 4. The molecular weight excluding hydrogens is 453 g/mol. The van der Waals surface area contributed by atoms with E-state index in [1.54, 1.807) is 12.2 Å². The van der Waals surface area contributed by atoms with Gasteiger partial charge in [0.1, 0.15) is 0 Å². The standard InChI is InChI=1S/C26H22Cl2F2S/c27-25(29)13-11-23(21(17-25)15-19-7-3-1-4-8-19)31-24-12-14-26(28,30)18-22(24)16-20-9-5-2-6-10-20/h1-14H,15-18H2. The van der Waals surface area contributed by atoms with Gasteiger partial charge in [0, 0.05) is 22.7 Å². The van der Waals surface area contributed by atoms with Gasteiger partial charge >= 0.3 is 0 Å². The molecule has 31 heavy (non-hydrogen) atoms. The van der Waals surface area contributed by atoms with Crippen molar-refractivity contribution in [3.05, 3.63) is 117 Å². The predicted octanol–water partition coefficient (Wildman–Crippen LogP) is 8.44. The molecule has 0 fully saturated rings. The number of thioether (sulfide) groups is 1. The lowest BCUT2D eigenvalue weighted by atomic mass is 9.96. The second kappa shape index (κ2) is 9.36. The second-order valence-electron chi connectivity index (χ2n) is 7.90. The van der Waals surface area contributed by atoms with Crippen LogP contribution in [0, 0.1) is 0 Å². The summed E-state index contributed by atoms with van der Waals surface area (Å²) in [6, 6.07) is 19.9. The van der Waals surface area contributed by atoms with Crippen molar-refractivity contribution in [2.24, 2.45) is 0 Å². The molecule has 0 radical (unpaired) electrons. The van der Waals surface area contributed by atoms with E-state index >= 15 is 0 Å². The number of allylic oxidation sites excluding steroid dienone is 6. The predicted molar refractivity (Wildman–Crippen MR) is 129 cm³/mol. The normalized spacial score (nSPS) is 25.9. The quantitative estimate of drug-likeness (QED) is 0.378. The zero-order valence-electron chi connectivity index (χ0n) is 16.8. The SMILES string of the molecule is FC1(Cl)C=CC(SC2=C(Cc3ccccc3)CC(F)(Cl)C=C2)=C(Cc2ccccc2)C1. The summed E-state index contributed by atoms with van der Waals surface area (Å²) >= 11 is 13.6. The van der Waals surface area contributed by atoms with Crippen molar-refractivity contribution in [3.63, 3.8) is 0 Å². The van der Waals surface area contributed by atoms with Crippen LogP contribution in [0.5, 0.6) is 0 Å². The van der Waals surface area contributed by atoms with E-state index in [2.05, 4.69) is 0 Å². The Hall–Kier alpha value is -1.81. The van der Waals surface area contributed by atoms with Gasteiger partial charge in [-0.25, -0.2) is 8.78 Å². The summed E-state index contributed by atoms with van der Waals surface area (Å²) < 4.78 is 29.2. The van der Waals surface area contributed by atoms with Gasteiger partial charge in [0.25, 0.3) is 0 Å². The minimum atomic E-state index is -1.89. The molecule has 0 aromatic heterocycles. The number of halogens is 4. The number of hydrogen-bond donors (Lipinski definition) is 0. The Morgan fingerprint density at radius 3 is 1.45 bits per heavy atom. The van der Waals surface area contributed by atoms with Crippen molar-refractivity contribution in [2.75, 3.05) is 0 Å². The molecule has 160 valence electrons. The Kier molecular flexibility index (Phi) is 6.76. The maximum atomic E-state index is 14.6. The first-order valence-corrected chi connectivity index (χ1v) is 11.7. The Labute approximate surface area is 196 Å². The molecule has 2 aliphatic carbocycles. The van der Waals surface area contributed by atoms with Crippen LogP contribution >= 0.6 is 35.0 Å². The monoisotopic (exact) mass is 474 g/mol. The number of hydrogen-bond acceptors (Lipinski definition) is 1. The first kappa shape index (κ1) is 22.4. The molecule has 4 rings (SSSR count). The van der Waals surface area contributed by atoms with Crippen molar-refractivity contribution in [1.29, 1.82) is 0 Å². The molecule has 2 aromatic rings. The van der Waals surface area contributed by atoms with E-state index in [4.69, 9.17) is 23.2 Å².